The van der Waals surface area contributed by atoms with E-state index in [1.54, 1.807) is 27.8 Å². The van der Waals surface area contributed by atoms with E-state index in [-0.39, 0.29) is 5.56 Å². The molecular formula is C21H21N7O. The molecule has 0 bridgehead atoms. The predicted octanol–water partition coefficient (Wildman–Crippen LogP) is 2.29. The Morgan fingerprint density at radius 3 is 2.72 bits per heavy atom. The number of para-hydroxylation sites is 1. The van der Waals surface area contributed by atoms with Crippen molar-refractivity contribution >= 4 is 16.6 Å². The Hall–Kier alpha value is -3.55. The van der Waals surface area contributed by atoms with Crippen molar-refractivity contribution in [3.63, 3.8) is 0 Å². The molecule has 0 aliphatic carbocycles. The summed E-state index contributed by atoms with van der Waals surface area (Å²) in [6, 6.07) is 13.6. The minimum absolute atomic E-state index is 0.0866. The smallest absolute Gasteiger partial charge is 0.266 e. The first-order valence-corrected chi connectivity index (χ1v) is 9.80. The van der Waals surface area contributed by atoms with Gasteiger partial charge in [-0.25, -0.2) is 14.3 Å². The van der Waals surface area contributed by atoms with E-state index in [0.717, 1.165) is 31.4 Å². The maximum atomic E-state index is 12.3. The van der Waals surface area contributed by atoms with Crippen LogP contribution in [0.5, 0.6) is 0 Å². The van der Waals surface area contributed by atoms with E-state index < -0.39 is 0 Å². The molecule has 0 unspecified atom stereocenters. The first kappa shape index (κ1) is 17.5. The number of fused-ring (bicyclic) bond motifs is 1. The maximum Gasteiger partial charge on any atom is 0.266 e. The van der Waals surface area contributed by atoms with E-state index >= 15 is 0 Å². The summed E-state index contributed by atoms with van der Waals surface area (Å²) in [5, 5.41) is 9.74. The number of nitrogens with zero attached hydrogens (tertiary/aromatic N) is 7. The highest BCUT2D eigenvalue weighted by Crippen LogP contribution is 2.29. The van der Waals surface area contributed by atoms with Crippen LogP contribution in [0.2, 0.25) is 0 Å². The second-order valence-electron chi connectivity index (χ2n) is 7.33. The molecule has 4 aromatic rings. The summed E-state index contributed by atoms with van der Waals surface area (Å²) in [4.78, 5) is 23.1. The van der Waals surface area contributed by atoms with Gasteiger partial charge in [0.2, 0.25) is 0 Å². The first-order valence-electron chi connectivity index (χ1n) is 9.80. The van der Waals surface area contributed by atoms with E-state index in [1.165, 1.54) is 17.4 Å². The fourth-order valence-electron chi connectivity index (χ4n) is 3.98. The lowest BCUT2D eigenvalue weighted by molar-refractivity contribution is 0.334. The lowest BCUT2D eigenvalue weighted by Gasteiger charge is -2.34. The minimum atomic E-state index is -0.0866. The molecule has 0 atom stereocenters. The molecule has 8 heteroatoms. The van der Waals surface area contributed by atoms with Crippen LogP contribution in [-0.4, -0.2) is 42.6 Å². The Morgan fingerprint density at radius 2 is 1.90 bits per heavy atom. The Bertz CT molecular complexity index is 1170. The number of piperidine rings is 1. The highest BCUT2D eigenvalue weighted by atomic mass is 16.1. The number of anilines is 1. The van der Waals surface area contributed by atoms with Crippen molar-refractivity contribution in [2.24, 2.45) is 5.92 Å². The van der Waals surface area contributed by atoms with E-state index in [1.807, 2.05) is 18.3 Å². The van der Waals surface area contributed by atoms with Crippen LogP contribution < -0.4 is 10.5 Å². The van der Waals surface area contributed by atoms with E-state index in [2.05, 4.69) is 43.3 Å². The third-order valence-corrected chi connectivity index (χ3v) is 5.52. The third-order valence-electron chi connectivity index (χ3n) is 5.52. The van der Waals surface area contributed by atoms with Crippen LogP contribution in [0, 0.1) is 5.92 Å². The molecule has 1 fully saturated rings. The molecule has 0 N–H and O–H groups in total. The summed E-state index contributed by atoms with van der Waals surface area (Å²) in [7, 11) is 0. The van der Waals surface area contributed by atoms with Crippen molar-refractivity contribution in [2.45, 2.75) is 19.4 Å². The standard InChI is InChI=1S/C21H21N7O/c29-21-6-5-20(28-15-22-14-24-28)25-27(21)13-16-8-11-26(12-9-16)19-7-10-23-18-4-2-1-3-17(18)19/h1-7,10,14-16H,8-9,11-13H2. The summed E-state index contributed by atoms with van der Waals surface area (Å²) in [5.41, 5.74) is 2.17. The van der Waals surface area contributed by atoms with Crippen LogP contribution in [-0.2, 0) is 6.54 Å². The van der Waals surface area contributed by atoms with Crippen LogP contribution in [0.4, 0.5) is 5.69 Å². The van der Waals surface area contributed by atoms with Gasteiger partial charge in [-0.2, -0.15) is 5.10 Å². The van der Waals surface area contributed by atoms with Crippen molar-refractivity contribution in [2.75, 3.05) is 18.0 Å². The van der Waals surface area contributed by atoms with Gasteiger partial charge in [0, 0.05) is 43.0 Å². The number of hydrogen-bond donors (Lipinski definition) is 0. The minimum Gasteiger partial charge on any atom is -0.371 e. The molecule has 5 rings (SSSR count). The van der Waals surface area contributed by atoms with Gasteiger partial charge in [0.05, 0.1) is 5.52 Å². The highest BCUT2D eigenvalue weighted by molar-refractivity contribution is 5.91. The number of rotatable bonds is 4. The van der Waals surface area contributed by atoms with Crippen LogP contribution in [0.3, 0.4) is 0 Å². The number of aromatic nitrogens is 6. The van der Waals surface area contributed by atoms with Gasteiger partial charge in [0.1, 0.15) is 12.7 Å². The Balaban J connectivity index is 1.30. The normalized spacial score (nSPS) is 15.1. The molecule has 1 aliphatic rings. The zero-order valence-corrected chi connectivity index (χ0v) is 15.9. The maximum absolute atomic E-state index is 12.3. The van der Waals surface area contributed by atoms with Gasteiger partial charge in [0.25, 0.3) is 5.56 Å². The monoisotopic (exact) mass is 387 g/mol. The second-order valence-corrected chi connectivity index (χ2v) is 7.33. The molecule has 1 aromatic carbocycles. The van der Waals surface area contributed by atoms with Crippen molar-refractivity contribution in [3.8, 4) is 5.82 Å². The summed E-state index contributed by atoms with van der Waals surface area (Å²) in [5.74, 6) is 1.01. The average molecular weight is 387 g/mol. The van der Waals surface area contributed by atoms with Crippen molar-refractivity contribution in [3.05, 3.63) is 71.7 Å². The van der Waals surface area contributed by atoms with Gasteiger partial charge in [-0.15, -0.1) is 5.10 Å². The zero-order chi connectivity index (χ0) is 19.6. The van der Waals surface area contributed by atoms with Gasteiger partial charge in [-0.1, -0.05) is 18.2 Å². The molecule has 1 saturated heterocycles. The summed E-state index contributed by atoms with van der Waals surface area (Å²) >= 11 is 0. The fraction of sp³-hybridized carbons (Fsp3) is 0.286. The largest absolute Gasteiger partial charge is 0.371 e. The molecular weight excluding hydrogens is 366 g/mol. The Kier molecular flexibility index (Phi) is 4.51. The summed E-state index contributed by atoms with van der Waals surface area (Å²) < 4.78 is 3.12. The molecule has 0 spiro atoms. The molecule has 8 nitrogen and oxygen atoms in total. The third kappa shape index (κ3) is 3.49. The topological polar surface area (TPSA) is 81.7 Å². The molecule has 29 heavy (non-hydrogen) atoms. The van der Waals surface area contributed by atoms with Gasteiger partial charge in [-0.3, -0.25) is 9.78 Å². The van der Waals surface area contributed by atoms with Crippen LogP contribution >= 0.6 is 0 Å². The van der Waals surface area contributed by atoms with E-state index in [4.69, 9.17) is 0 Å². The van der Waals surface area contributed by atoms with Crippen molar-refractivity contribution in [1.82, 2.24) is 29.5 Å². The Labute approximate surface area is 167 Å². The molecule has 146 valence electrons. The number of pyridine rings is 1. The van der Waals surface area contributed by atoms with E-state index in [0.29, 0.717) is 18.3 Å². The number of hydrogen-bond acceptors (Lipinski definition) is 6. The van der Waals surface area contributed by atoms with Crippen LogP contribution in [0.15, 0.2) is 66.1 Å². The first-order chi connectivity index (χ1) is 14.3. The quantitative estimate of drug-likeness (QED) is 0.534. The number of benzene rings is 1. The molecule has 0 amide bonds. The van der Waals surface area contributed by atoms with Crippen molar-refractivity contribution < 1.29 is 0 Å². The molecule has 4 heterocycles. The zero-order valence-electron chi connectivity index (χ0n) is 15.9. The van der Waals surface area contributed by atoms with Crippen LogP contribution in [0.25, 0.3) is 16.7 Å². The van der Waals surface area contributed by atoms with Gasteiger partial charge in [0.15, 0.2) is 5.82 Å². The predicted molar refractivity (Wildman–Crippen MR) is 110 cm³/mol. The van der Waals surface area contributed by atoms with Crippen molar-refractivity contribution in [1.29, 1.82) is 0 Å². The molecule has 0 radical (unpaired) electrons. The van der Waals surface area contributed by atoms with Gasteiger partial charge >= 0.3 is 0 Å². The molecule has 1 aliphatic heterocycles. The lowest BCUT2D eigenvalue weighted by atomic mass is 9.96. The van der Waals surface area contributed by atoms with Gasteiger partial charge in [-0.05, 0) is 37.0 Å². The molecule has 3 aromatic heterocycles. The van der Waals surface area contributed by atoms with Crippen LogP contribution in [0.1, 0.15) is 12.8 Å². The summed E-state index contributed by atoms with van der Waals surface area (Å²) in [6.07, 6.45) is 6.93. The SMILES string of the molecule is O=c1ccc(-n2cncn2)nn1CC1CCN(c2ccnc3ccccc23)CC1. The highest BCUT2D eigenvalue weighted by Gasteiger charge is 2.22. The lowest BCUT2D eigenvalue weighted by Crippen LogP contribution is -2.37. The Morgan fingerprint density at radius 1 is 1.03 bits per heavy atom. The van der Waals surface area contributed by atoms with E-state index in [9.17, 15) is 4.79 Å². The molecule has 0 saturated carbocycles. The second kappa shape index (κ2) is 7.46. The summed E-state index contributed by atoms with van der Waals surface area (Å²) in [6.45, 7) is 2.53. The average Bonchev–Trinajstić information content (AvgIpc) is 3.30. The fourth-order valence-corrected chi connectivity index (χ4v) is 3.98. The van der Waals surface area contributed by atoms with Gasteiger partial charge < -0.3 is 4.90 Å².